The van der Waals surface area contributed by atoms with Gasteiger partial charge in [0, 0.05) is 12.8 Å². The van der Waals surface area contributed by atoms with Crippen LogP contribution in [0.4, 0.5) is 0 Å². The van der Waals surface area contributed by atoms with Gasteiger partial charge in [-0.1, -0.05) is 181 Å². The van der Waals surface area contributed by atoms with Crippen molar-refractivity contribution < 1.29 is 63.1 Å². The van der Waals surface area contributed by atoms with Gasteiger partial charge in [0.15, 0.2) is 6.10 Å². The van der Waals surface area contributed by atoms with E-state index in [1.165, 1.54) is 128 Å². The van der Waals surface area contributed by atoms with Gasteiger partial charge in [0.05, 0.1) is 6.61 Å². The molecule has 0 spiro atoms. The quantitative estimate of drug-likeness (QED) is 0.0196. The Hall–Kier alpha value is -1.15. The Morgan fingerprint density at radius 1 is 0.474 bits per heavy atom. The Morgan fingerprint density at radius 2 is 0.789 bits per heavy atom. The highest BCUT2D eigenvalue weighted by molar-refractivity contribution is 7.47. The Balaban J connectivity index is 2.37. The van der Waals surface area contributed by atoms with Gasteiger partial charge in [-0.15, -0.1) is 0 Å². The van der Waals surface area contributed by atoms with Gasteiger partial charge in [0.1, 0.15) is 43.2 Å². The van der Waals surface area contributed by atoms with Crippen LogP contribution in [0.2, 0.25) is 0 Å². The van der Waals surface area contributed by atoms with Crippen LogP contribution in [0.25, 0.3) is 0 Å². The number of unbranched alkanes of at least 4 members (excludes halogenated alkanes) is 26. The molecule has 1 aliphatic rings. The average Bonchev–Trinajstić information content (AvgIpc) is 3.19. The first-order chi connectivity index (χ1) is 27.4. The summed E-state index contributed by atoms with van der Waals surface area (Å²) in [6, 6.07) is 0. The molecular formula is C43H83O13P. The van der Waals surface area contributed by atoms with Gasteiger partial charge in [-0.25, -0.2) is 4.57 Å². The molecule has 0 amide bonds. The molecule has 338 valence electrons. The van der Waals surface area contributed by atoms with Crippen LogP contribution in [-0.4, -0.2) is 98.3 Å². The van der Waals surface area contributed by atoms with Crippen molar-refractivity contribution in [3.63, 3.8) is 0 Å². The van der Waals surface area contributed by atoms with Gasteiger partial charge in [0.25, 0.3) is 0 Å². The predicted octanol–water partition coefficient (Wildman–Crippen LogP) is 8.50. The second-order valence-electron chi connectivity index (χ2n) is 16.3. The number of rotatable bonds is 38. The van der Waals surface area contributed by atoms with E-state index in [-0.39, 0.29) is 12.8 Å². The number of hydrogen-bond acceptors (Lipinski definition) is 12. The molecule has 0 bridgehead atoms. The summed E-state index contributed by atoms with van der Waals surface area (Å²) in [5.41, 5.74) is 0. The zero-order valence-electron chi connectivity index (χ0n) is 35.7. The summed E-state index contributed by atoms with van der Waals surface area (Å²) in [6.45, 7) is 3.27. The van der Waals surface area contributed by atoms with Crippen molar-refractivity contribution in [1.29, 1.82) is 0 Å². The summed E-state index contributed by atoms with van der Waals surface area (Å²) >= 11 is 0. The topological polar surface area (TPSA) is 210 Å². The SMILES string of the molecule is CCCCCCCCCCCCCCCCCCCCCCC(=O)OC(COC(=O)CCCCCCCCCC)COP(=O)(O)OC1C(O)C(O)C(O)C(O)C1O. The van der Waals surface area contributed by atoms with Crippen molar-refractivity contribution in [2.45, 2.75) is 249 Å². The molecule has 0 radical (unpaired) electrons. The summed E-state index contributed by atoms with van der Waals surface area (Å²) in [5.74, 6) is -1.09. The van der Waals surface area contributed by atoms with Gasteiger partial charge in [-0.2, -0.15) is 0 Å². The van der Waals surface area contributed by atoms with Gasteiger partial charge >= 0.3 is 19.8 Å². The highest BCUT2D eigenvalue weighted by Crippen LogP contribution is 2.47. The Kier molecular flexibility index (Phi) is 32.7. The molecule has 0 aromatic rings. The third-order valence-corrected chi connectivity index (χ3v) is 11.9. The molecule has 6 N–H and O–H groups in total. The standard InChI is InChI=1S/C43H83O13P/c1-3-5-7-9-11-13-14-15-16-17-18-19-20-21-22-23-24-26-28-30-32-37(45)55-35(33-53-36(44)31-29-27-25-12-10-8-6-4-2)34-54-57(51,52)56-43-41(49)39(47)38(46)40(48)42(43)50/h35,38-43,46-50H,3-34H2,1-2H3,(H,51,52). The van der Waals surface area contributed by atoms with Crippen LogP contribution >= 0.6 is 7.82 Å². The first-order valence-electron chi connectivity index (χ1n) is 22.8. The van der Waals surface area contributed by atoms with Gasteiger partial charge < -0.3 is 39.9 Å². The van der Waals surface area contributed by atoms with E-state index in [1.807, 2.05) is 0 Å². The smallest absolute Gasteiger partial charge is 0.462 e. The molecule has 0 heterocycles. The molecule has 0 aromatic heterocycles. The number of ether oxygens (including phenoxy) is 2. The fourth-order valence-corrected chi connectivity index (χ4v) is 8.20. The Labute approximate surface area is 344 Å². The van der Waals surface area contributed by atoms with E-state index in [9.17, 15) is 44.6 Å². The molecule has 1 rings (SSSR count). The highest BCUT2D eigenvalue weighted by atomic mass is 31.2. The maximum Gasteiger partial charge on any atom is 0.472 e. The molecule has 13 nitrogen and oxygen atoms in total. The molecule has 1 fully saturated rings. The number of phosphoric acid groups is 1. The third-order valence-electron chi connectivity index (χ3n) is 10.9. The Bertz CT molecular complexity index is 1020. The van der Waals surface area contributed by atoms with Gasteiger partial charge in [-0.05, 0) is 12.8 Å². The van der Waals surface area contributed by atoms with Gasteiger partial charge in [0.2, 0.25) is 0 Å². The lowest BCUT2D eigenvalue weighted by Gasteiger charge is -2.41. The number of phosphoric ester groups is 1. The van der Waals surface area contributed by atoms with Crippen molar-refractivity contribution in [2.75, 3.05) is 13.2 Å². The van der Waals surface area contributed by atoms with Crippen molar-refractivity contribution in [1.82, 2.24) is 0 Å². The van der Waals surface area contributed by atoms with E-state index >= 15 is 0 Å². The van der Waals surface area contributed by atoms with E-state index in [1.54, 1.807) is 0 Å². The fourth-order valence-electron chi connectivity index (χ4n) is 7.23. The molecule has 0 aromatic carbocycles. The molecule has 0 aliphatic heterocycles. The molecule has 1 saturated carbocycles. The summed E-state index contributed by atoms with van der Waals surface area (Å²) in [5, 5.41) is 50.0. The lowest BCUT2D eigenvalue weighted by Crippen LogP contribution is -2.64. The Morgan fingerprint density at radius 3 is 1.16 bits per heavy atom. The number of carbonyl (C=O) groups excluding carboxylic acids is 2. The molecule has 1 aliphatic carbocycles. The van der Waals surface area contributed by atoms with Crippen molar-refractivity contribution in [3.8, 4) is 0 Å². The highest BCUT2D eigenvalue weighted by Gasteiger charge is 2.51. The molecule has 57 heavy (non-hydrogen) atoms. The lowest BCUT2D eigenvalue weighted by molar-refractivity contribution is -0.220. The monoisotopic (exact) mass is 839 g/mol. The van der Waals surface area contributed by atoms with Crippen LogP contribution in [0.1, 0.15) is 206 Å². The van der Waals surface area contributed by atoms with Crippen molar-refractivity contribution >= 4 is 19.8 Å². The van der Waals surface area contributed by atoms with E-state index in [0.717, 1.165) is 38.5 Å². The van der Waals surface area contributed by atoms with Crippen molar-refractivity contribution in [2.24, 2.45) is 0 Å². The molecule has 6 atom stereocenters. The minimum Gasteiger partial charge on any atom is -0.462 e. The molecule has 6 unspecified atom stereocenters. The first-order valence-corrected chi connectivity index (χ1v) is 24.3. The predicted molar refractivity (Wildman–Crippen MR) is 221 cm³/mol. The zero-order valence-corrected chi connectivity index (χ0v) is 36.6. The largest absolute Gasteiger partial charge is 0.472 e. The van der Waals surface area contributed by atoms with E-state index in [0.29, 0.717) is 12.8 Å². The van der Waals surface area contributed by atoms with Crippen LogP contribution < -0.4 is 0 Å². The fraction of sp³-hybridized carbons (Fsp3) is 0.953. The molecule has 0 saturated heterocycles. The number of aliphatic hydroxyl groups is 5. The van der Waals surface area contributed by atoms with E-state index in [4.69, 9.17) is 18.5 Å². The first kappa shape index (κ1) is 53.9. The number of esters is 2. The zero-order chi connectivity index (χ0) is 42.2. The minimum absolute atomic E-state index is 0.105. The normalized spacial score (nSPS) is 22.6. The van der Waals surface area contributed by atoms with Crippen LogP contribution in [0, 0.1) is 0 Å². The second-order valence-corrected chi connectivity index (χ2v) is 17.7. The summed E-state index contributed by atoms with van der Waals surface area (Å²) in [7, 11) is -5.10. The van der Waals surface area contributed by atoms with E-state index in [2.05, 4.69) is 13.8 Å². The average molecular weight is 839 g/mol. The van der Waals surface area contributed by atoms with Crippen LogP contribution in [0.15, 0.2) is 0 Å². The van der Waals surface area contributed by atoms with E-state index < -0.39 is 75.7 Å². The van der Waals surface area contributed by atoms with Gasteiger partial charge in [-0.3, -0.25) is 18.6 Å². The third kappa shape index (κ3) is 27.3. The van der Waals surface area contributed by atoms with Crippen LogP contribution in [0.3, 0.4) is 0 Å². The number of aliphatic hydroxyl groups excluding tert-OH is 5. The molecule has 14 heteroatoms. The molecular weight excluding hydrogens is 755 g/mol. The minimum atomic E-state index is -5.10. The summed E-state index contributed by atoms with van der Waals surface area (Å²) in [6.07, 6.45) is 20.5. The second kappa shape index (κ2) is 34.6. The maximum atomic E-state index is 12.8. The number of carbonyl (C=O) groups is 2. The van der Waals surface area contributed by atoms with Crippen LogP contribution in [0.5, 0.6) is 0 Å². The summed E-state index contributed by atoms with van der Waals surface area (Å²) in [4.78, 5) is 35.5. The summed E-state index contributed by atoms with van der Waals surface area (Å²) < 4.78 is 33.4. The maximum absolute atomic E-state index is 12.8. The van der Waals surface area contributed by atoms with Crippen molar-refractivity contribution in [3.05, 3.63) is 0 Å². The number of hydrogen-bond donors (Lipinski definition) is 6. The lowest BCUT2D eigenvalue weighted by atomic mass is 9.85. The van der Waals surface area contributed by atoms with Crippen LogP contribution in [-0.2, 0) is 32.7 Å².